The molecule has 174 valence electrons. The fourth-order valence-corrected chi connectivity index (χ4v) is 4.46. The van der Waals surface area contributed by atoms with Gasteiger partial charge in [-0.1, -0.05) is 23.7 Å². The maximum absolute atomic E-state index is 12.3. The molecule has 6 aromatic rings. The second-order valence-corrected chi connectivity index (χ2v) is 8.85. The zero-order valence-corrected chi connectivity index (χ0v) is 19.9. The first-order valence-electron chi connectivity index (χ1n) is 10.9. The first kappa shape index (κ1) is 21.2. The minimum atomic E-state index is -0.343. The van der Waals surface area contributed by atoms with E-state index in [1.54, 1.807) is 19.2 Å². The second-order valence-electron chi connectivity index (χ2n) is 8.44. The van der Waals surface area contributed by atoms with Crippen molar-refractivity contribution in [1.82, 2.24) is 34.3 Å². The summed E-state index contributed by atoms with van der Waals surface area (Å²) in [7, 11) is 3.57. The van der Waals surface area contributed by atoms with E-state index in [4.69, 9.17) is 16.3 Å². The zero-order valence-electron chi connectivity index (χ0n) is 19.2. The predicted molar refractivity (Wildman–Crippen MR) is 134 cm³/mol. The van der Waals surface area contributed by atoms with Crippen LogP contribution < -0.4 is 10.4 Å². The highest BCUT2D eigenvalue weighted by molar-refractivity contribution is 6.34. The molecule has 0 saturated heterocycles. The molecule has 0 amide bonds. The average molecular weight is 486 g/mol. The molecule has 0 saturated carbocycles. The van der Waals surface area contributed by atoms with E-state index < -0.39 is 0 Å². The number of hydrogen-bond donors (Lipinski definition) is 1. The lowest BCUT2D eigenvalue weighted by Crippen LogP contribution is -2.22. The normalized spacial score (nSPS) is 11.5. The van der Waals surface area contributed by atoms with Crippen molar-refractivity contribution >= 4 is 33.5 Å². The fraction of sp³-hybridized carbons (Fsp3) is 0.120. The standard InChI is InChI=1S/C25H20ClN7O2/c1-14-4-6-17(11-23(14)33-25(34)32(3)29-30-33)35-24-27-20-12-18(19(26)13-21(20)28-24)15-5-7-22-16(10-15)8-9-31(22)2/h4-13H,1-3H3,(H,27,28). The molecule has 1 N–H and O–H groups in total. The first-order chi connectivity index (χ1) is 16.9. The third-order valence-corrected chi connectivity index (χ3v) is 6.40. The minimum Gasteiger partial charge on any atom is -0.426 e. The number of nitrogens with zero attached hydrogens (tertiary/aromatic N) is 6. The highest BCUT2D eigenvalue weighted by Gasteiger charge is 2.14. The summed E-state index contributed by atoms with van der Waals surface area (Å²) in [6.07, 6.45) is 2.04. The average Bonchev–Trinajstić information content (AvgIpc) is 3.51. The summed E-state index contributed by atoms with van der Waals surface area (Å²) in [6, 6.07) is 17.8. The maximum Gasteiger partial charge on any atom is 0.368 e. The Morgan fingerprint density at radius 2 is 1.86 bits per heavy atom. The van der Waals surface area contributed by atoms with Gasteiger partial charge >= 0.3 is 5.69 Å². The van der Waals surface area contributed by atoms with E-state index in [2.05, 4.69) is 49.2 Å². The van der Waals surface area contributed by atoms with Gasteiger partial charge in [-0.2, -0.15) is 14.3 Å². The van der Waals surface area contributed by atoms with E-state index in [1.165, 1.54) is 9.36 Å². The van der Waals surface area contributed by atoms with Gasteiger partial charge in [0.1, 0.15) is 5.75 Å². The van der Waals surface area contributed by atoms with Crippen LogP contribution in [0.3, 0.4) is 0 Å². The number of aromatic nitrogens is 7. The lowest BCUT2D eigenvalue weighted by atomic mass is 10.0. The van der Waals surface area contributed by atoms with E-state index in [0.29, 0.717) is 22.5 Å². The Bertz CT molecular complexity index is 1810. The predicted octanol–water partition coefficient (Wildman–Crippen LogP) is 4.76. The molecule has 35 heavy (non-hydrogen) atoms. The van der Waals surface area contributed by atoms with Gasteiger partial charge in [0, 0.05) is 42.8 Å². The van der Waals surface area contributed by atoms with Crippen LogP contribution in [0.5, 0.6) is 11.8 Å². The Morgan fingerprint density at radius 3 is 2.66 bits per heavy atom. The molecule has 0 atom stereocenters. The maximum atomic E-state index is 12.3. The molecule has 0 aliphatic heterocycles. The van der Waals surface area contributed by atoms with Gasteiger partial charge in [0.15, 0.2) is 0 Å². The number of aromatic amines is 1. The summed E-state index contributed by atoms with van der Waals surface area (Å²) in [6.45, 7) is 1.89. The lowest BCUT2D eigenvalue weighted by Gasteiger charge is -2.07. The van der Waals surface area contributed by atoms with Crippen molar-refractivity contribution in [1.29, 1.82) is 0 Å². The van der Waals surface area contributed by atoms with Gasteiger partial charge in [-0.05, 0) is 64.9 Å². The van der Waals surface area contributed by atoms with Crippen LogP contribution in [-0.4, -0.2) is 34.3 Å². The van der Waals surface area contributed by atoms with Gasteiger partial charge in [0.25, 0.3) is 6.01 Å². The number of fused-ring (bicyclic) bond motifs is 2. The summed E-state index contributed by atoms with van der Waals surface area (Å²) in [5.74, 6) is 0.503. The fourth-order valence-electron chi connectivity index (χ4n) is 4.18. The van der Waals surface area contributed by atoms with Crippen LogP contribution in [0.15, 0.2) is 65.6 Å². The van der Waals surface area contributed by atoms with Gasteiger partial charge < -0.3 is 14.3 Å². The number of halogens is 1. The number of ether oxygens (including phenoxy) is 1. The third-order valence-electron chi connectivity index (χ3n) is 6.09. The summed E-state index contributed by atoms with van der Waals surface area (Å²) < 4.78 is 10.5. The molecule has 6 rings (SSSR count). The summed E-state index contributed by atoms with van der Waals surface area (Å²) in [5.41, 5.74) is 5.64. The number of benzene rings is 3. The van der Waals surface area contributed by atoms with E-state index in [9.17, 15) is 4.79 Å². The molecule has 0 bridgehead atoms. The smallest absolute Gasteiger partial charge is 0.368 e. The SMILES string of the molecule is Cc1ccc(Oc2nc3cc(-c4ccc5c(ccn5C)c4)c(Cl)cc3[nH]2)cc1-n1nnn(C)c1=O. The third kappa shape index (κ3) is 3.57. The van der Waals surface area contributed by atoms with Gasteiger partial charge in [-0.25, -0.2) is 4.79 Å². The first-order valence-corrected chi connectivity index (χ1v) is 11.3. The number of aryl methyl sites for hydroxylation is 3. The van der Waals surface area contributed by atoms with Crippen LogP contribution in [0, 0.1) is 6.92 Å². The highest BCUT2D eigenvalue weighted by Crippen LogP contribution is 2.34. The van der Waals surface area contributed by atoms with E-state index in [0.717, 1.165) is 38.6 Å². The van der Waals surface area contributed by atoms with Crippen molar-refractivity contribution in [2.24, 2.45) is 14.1 Å². The Kier molecular flexibility index (Phi) is 4.75. The minimum absolute atomic E-state index is 0.313. The summed E-state index contributed by atoms with van der Waals surface area (Å²) >= 11 is 6.65. The second kappa shape index (κ2) is 7.85. The molecule has 0 aliphatic carbocycles. The number of imidazole rings is 1. The van der Waals surface area contributed by atoms with Crippen LogP contribution in [-0.2, 0) is 14.1 Å². The quantitative estimate of drug-likeness (QED) is 0.388. The number of hydrogen-bond acceptors (Lipinski definition) is 5. The Morgan fingerprint density at radius 1 is 1.00 bits per heavy atom. The zero-order chi connectivity index (χ0) is 24.3. The largest absolute Gasteiger partial charge is 0.426 e. The van der Waals surface area contributed by atoms with Crippen molar-refractivity contribution in [3.05, 3.63) is 81.9 Å². The molecule has 9 nitrogen and oxygen atoms in total. The Labute approximate surface area is 204 Å². The van der Waals surface area contributed by atoms with E-state index in [1.807, 2.05) is 38.4 Å². The van der Waals surface area contributed by atoms with Crippen molar-refractivity contribution < 1.29 is 4.74 Å². The Hall–Kier alpha value is -4.37. The monoisotopic (exact) mass is 485 g/mol. The molecular weight excluding hydrogens is 466 g/mol. The van der Waals surface area contributed by atoms with Crippen LogP contribution in [0.1, 0.15) is 5.56 Å². The van der Waals surface area contributed by atoms with Crippen molar-refractivity contribution in [2.45, 2.75) is 6.92 Å². The molecular formula is C25H20ClN7O2. The Balaban J connectivity index is 1.35. The molecule has 0 radical (unpaired) electrons. The van der Waals surface area contributed by atoms with Gasteiger partial charge in [-0.3, -0.25) is 0 Å². The van der Waals surface area contributed by atoms with Crippen LogP contribution >= 0.6 is 11.6 Å². The molecule has 0 fully saturated rings. The summed E-state index contributed by atoms with van der Waals surface area (Å²) in [5, 5.41) is 9.46. The van der Waals surface area contributed by atoms with Crippen molar-refractivity contribution in [2.75, 3.05) is 0 Å². The van der Waals surface area contributed by atoms with Crippen molar-refractivity contribution in [3.63, 3.8) is 0 Å². The van der Waals surface area contributed by atoms with Gasteiger partial charge in [-0.15, -0.1) is 0 Å². The van der Waals surface area contributed by atoms with E-state index >= 15 is 0 Å². The molecule has 0 unspecified atom stereocenters. The van der Waals surface area contributed by atoms with Gasteiger partial charge in [0.2, 0.25) is 0 Å². The molecule has 3 aromatic heterocycles. The molecule has 0 spiro atoms. The molecule has 3 aromatic carbocycles. The number of rotatable bonds is 4. The number of nitrogens with one attached hydrogen (secondary N) is 1. The van der Waals surface area contributed by atoms with Crippen LogP contribution in [0.25, 0.3) is 38.8 Å². The number of tetrazole rings is 1. The molecule has 10 heteroatoms. The van der Waals surface area contributed by atoms with Crippen molar-refractivity contribution in [3.8, 4) is 28.6 Å². The van der Waals surface area contributed by atoms with E-state index in [-0.39, 0.29) is 5.69 Å². The summed E-state index contributed by atoms with van der Waals surface area (Å²) in [4.78, 5) is 20.1. The van der Waals surface area contributed by atoms with Crippen LogP contribution in [0.4, 0.5) is 0 Å². The topological polar surface area (TPSA) is 95.6 Å². The highest BCUT2D eigenvalue weighted by atomic mass is 35.5. The van der Waals surface area contributed by atoms with Gasteiger partial charge in [0.05, 0.1) is 21.7 Å². The van der Waals surface area contributed by atoms with Crippen LogP contribution in [0.2, 0.25) is 5.02 Å². The lowest BCUT2D eigenvalue weighted by molar-refractivity contribution is 0.449. The molecule has 3 heterocycles. The molecule has 0 aliphatic rings. The number of H-pyrrole nitrogens is 1.